The monoisotopic (exact) mass is 272 g/mol. The van der Waals surface area contributed by atoms with Crippen molar-refractivity contribution in [1.29, 1.82) is 5.26 Å². The molecule has 0 aliphatic carbocycles. The Balaban J connectivity index is 2.04. The molecule has 2 N–H and O–H groups in total. The van der Waals surface area contributed by atoms with E-state index in [4.69, 9.17) is 5.26 Å². The number of rotatable bonds is 5. The number of imidazole rings is 1. The van der Waals surface area contributed by atoms with Crippen LogP contribution in [0.1, 0.15) is 16.1 Å². The van der Waals surface area contributed by atoms with Gasteiger partial charge in [-0.15, -0.1) is 11.8 Å². The number of hydrogen-bond acceptors (Lipinski definition) is 4. The van der Waals surface area contributed by atoms with Crippen molar-refractivity contribution in [1.82, 2.24) is 15.3 Å². The summed E-state index contributed by atoms with van der Waals surface area (Å²) in [7, 11) is 0. The average molecular weight is 272 g/mol. The highest BCUT2D eigenvalue weighted by Gasteiger charge is 2.10. The summed E-state index contributed by atoms with van der Waals surface area (Å²) in [5.74, 6) is 0.167. The van der Waals surface area contributed by atoms with Crippen molar-refractivity contribution >= 4 is 17.7 Å². The molecule has 0 spiro atoms. The SMILES string of the molecule is N#CCSc1ccccc1C(=O)NCc1cnc[nH]1. The first-order valence-corrected chi connectivity index (χ1v) is 6.64. The minimum absolute atomic E-state index is 0.157. The van der Waals surface area contributed by atoms with E-state index in [1.54, 1.807) is 18.6 Å². The Bertz CT molecular complexity index is 589. The minimum Gasteiger partial charge on any atom is -0.347 e. The molecule has 1 amide bonds. The number of carbonyl (C=O) groups excluding carboxylic acids is 1. The van der Waals surface area contributed by atoms with Crippen LogP contribution in [0.4, 0.5) is 0 Å². The zero-order valence-electron chi connectivity index (χ0n) is 10.1. The lowest BCUT2D eigenvalue weighted by Crippen LogP contribution is -2.23. The Hall–Kier alpha value is -2.26. The van der Waals surface area contributed by atoms with Crippen molar-refractivity contribution in [3.8, 4) is 6.07 Å². The molecule has 2 rings (SSSR count). The Morgan fingerprint density at radius 1 is 1.47 bits per heavy atom. The van der Waals surface area contributed by atoms with E-state index in [1.807, 2.05) is 18.2 Å². The van der Waals surface area contributed by atoms with Gasteiger partial charge in [-0.3, -0.25) is 4.79 Å². The largest absolute Gasteiger partial charge is 0.347 e. The van der Waals surface area contributed by atoms with Crippen LogP contribution in [0.25, 0.3) is 0 Å². The van der Waals surface area contributed by atoms with Gasteiger partial charge in [0.2, 0.25) is 0 Å². The Kier molecular flexibility index (Phi) is 4.59. The van der Waals surface area contributed by atoms with Gasteiger partial charge in [0.15, 0.2) is 0 Å². The summed E-state index contributed by atoms with van der Waals surface area (Å²) in [5, 5.41) is 11.4. The molecule has 5 nitrogen and oxygen atoms in total. The molecule has 0 atom stereocenters. The van der Waals surface area contributed by atoms with Crippen molar-refractivity contribution in [2.45, 2.75) is 11.4 Å². The van der Waals surface area contributed by atoms with Crippen molar-refractivity contribution in [3.05, 3.63) is 48.0 Å². The highest BCUT2D eigenvalue weighted by Crippen LogP contribution is 2.22. The predicted octanol–water partition coefficient (Wildman–Crippen LogP) is 1.96. The van der Waals surface area contributed by atoms with Crippen LogP contribution in [-0.4, -0.2) is 21.6 Å². The maximum Gasteiger partial charge on any atom is 0.252 e. The van der Waals surface area contributed by atoms with E-state index in [1.165, 1.54) is 11.8 Å². The van der Waals surface area contributed by atoms with Crippen LogP contribution >= 0.6 is 11.8 Å². The highest BCUT2D eigenvalue weighted by molar-refractivity contribution is 7.99. The number of thioether (sulfide) groups is 1. The normalized spacial score (nSPS) is 9.84. The lowest BCUT2D eigenvalue weighted by molar-refractivity contribution is 0.0947. The quantitative estimate of drug-likeness (QED) is 0.815. The third-order valence-corrected chi connectivity index (χ3v) is 3.36. The lowest BCUT2D eigenvalue weighted by Gasteiger charge is -2.07. The van der Waals surface area contributed by atoms with E-state index in [0.717, 1.165) is 10.6 Å². The second-order valence-corrected chi connectivity index (χ2v) is 4.72. The molecule has 96 valence electrons. The van der Waals surface area contributed by atoms with Gasteiger partial charge in [-0.25, -0.2) is 4.98 Å². The van der Waals surface area contributed by atoms with Crippen LogP contribution < -0.4 is 5.32 Å². The molecule has 1 aromatic heterocycles. The minimum atomic E-state index is -0.157. The summed E-state index contributed by atoms with van der Waals surface area (Å²) in [6.45, 7) is 0.399. The molecule has 1 heterocycles. The molecule has 0 radical (unpaired) electrons. The first kappa shape index (κ1) is 13.2. The number of amides is 1. The fourth-order valence-corrected chi connectivity index (χ4v) is 2.25. The molecule has 0 saturated carbocycles. The number of aromatic nitrogens is 2. The second kappa shape index (κ2) is 6.61. The van der Waals surface area contributed by atoms with Gasteiger partial charge >= 0.3 is 0 Å². The zero-order chi connectivity index (χ0) is 13.5. The third kappa shape index (κ3) is 3.60. The number of carbonyl (C=O) groups is 1. The maximum absolute atomic E-state index is 12.1. The molecule has 1 aromatic carbocycles. The zero-order valence-corrected chi connectivity index (χ0v) is 10.9. The second-order valence-electron chi connectivity index (χ2n) is 3.70. The third-order valence-electron chi connectivity index (χ3n) is 2.42. The van der Waals surface area contributed by atoms with E-state index < -0.39 is 0 Å². The molecule has 0 aliphatic heterocycles. The summed E-state index contributed by atoms with van der Waals surface area (Å²) < 4.78 is 0. The average Bonchev–Trinajstić information content (AvgIpc) is 2.96. The summed E-state index contributed by atoms with van der Waals surface area (Å²) in [5.41, 5.74) is 1.43. The molecular formula is C13H12N4OS. The molecule has 0 unspecified atom stereocenters. The van der Waals surface area contributed by atoms with Crippen LogP contribution in [0.3, 0.4) is 0 Å². The van der Waals surface area contributed by atoms with E-state index in [2.05, 4.69) is 21.4 Å². The number of aromatic amines is 1. The van der Waals surface area contributed by atoms with Gasteiger partial charge < -0.3 is 10.3 Å². The first-order valence-electron chi connectivity index (χ1n) is 5.65. The highest BCUT2D eigenvalue weighted by atomic mass is 32.2. The van der Waals surface area contributed by atoms with E-state index in [9.17, 15) is 4.79 Å². The van der Waals surface area contributed by atoms with Gasteiger partial charge in [-0.2, -0.15) is 5.26 Å². The number of nitrogens with one attached hydrogen (secondary N) is 2. The fraction of sp³-hybridized carbons (Fsp3) is 0.154. The summed E-state index contributed by atoms with van der Waals surface area (Å²) >= 11 is 1.36. The van der Waals surface area contributed by atoms with Crippen molar-refractivity contribution in [2.75, 3.05) is 5.75 Å². The smallest absolute Gasteiger partial charge is 0.252 e. The maximum atomic E-state index is 12.1. The first-order chi connectivity index (χ1) is 9.31. The number of H-pyrrole nitrogens is 1. The molecule has 0 fully saturated rings. The fourth-order valence-electron chi connectivity index (χ4n) is 1.54. The standard InChI is InChI=1S/C13H12N4OS/c14-5-6-19-12-4-2-1-3-11(12)13(18)16-8-10-7-15-9-17-10/h1-4,7,9H,6,8H2,(H,15,17)(H,16,18). The molecule has 2 aromatic rings. The van der Waals surface area contributed by atoms with Gasteiger partial charge in [0.1, 0.15) is 0 Å². The van der Waals surface area contributed by atoms with Gasteiger partial charge in [-0.05, 0) is 12.1 Å². The Morgan fingerprint density at radius 2 is 2.32 bits per heavy atom. The van der Waals surface area contributed by atoms with E-state index >= 15 is 0 Å². The van der Waals surface area contributed by atoms with Crippen LogP contribution in [0.5, 0.6) is 0 Å². The number of hydrogen-bond donors (Lipinski definition) is 2. The van der Waals surface area contributed by atoms with E-state index in [0.29, 0.717) is 17.9 Å². The van der Waals surface area contributed by atoms with Crippen molar-refractivity contribution in [2.24, 2.45) is 0 Å². The molecule has 0 aliphatic rings. The van der Waals surface area contributed by atoms with E-state index in [-0.39, 0.29) is 5.91 Å². The van der Waals surface area contributed by atoms with Crippen molar-refractivity contribution in [3.63, 3.8) is 0 Å². The van der Waals surface area contributed by atoms with Gasteiger partial charge in [-0.1, -0.05) is 12.1 Å². The predicted molar refractivity (Wildman–Crippen MR) is 72.5 cm³/mol. The molecule has 19 heavy (non-hydrogen) atoms. The molecule has 6 heteroatoms. The van der Waals surface area contributed by atoms with Crippen LogP contribution in [0, 0.1) is 11.3 Å². The van der Waals surface area contributed by atoms with Crippen LogP contribution in [0.15, 0.2) is 41.7 Å². The van der Waals surface area contributed by atoms with Gasteiger partial charge in [0.25, 0.3) is 5.91 Å². The van der Waals surface area contributed by atoms with Crippen molar-refractivity contribution < 1.29 is 4.79 Å². The van der Waals surface area contributed by atoms with Gasteiger partial charge in [0.05, 0.1) is 36.0 Å². The molecule has 0 saturated heterocycles. The summed E-state index contributed by atoms with van der Waals surface area (Å²) in [6.07, 6.45) is 3.23. The van der Waals surface area contributed by atoms with Crippen LogP contribution in [-0.2, 0) is 6.54 Å². The van der Waals surface area contributed by atoms with Crippen LogP contribution in [0.2, 0.25) is 0 Å². The van der Waals surface area contributed by atoms with Gasteiger partial charge in [0, 0.05) is 11.1 Å². The molecular weight excluding hydrogens is 260 g/mol. The summed E-state index contributed by atoms with van der Waals surface area (Å²) in [4.78, 5) is 19.7. The topological polar surface area (TPSA) is 81.6 Å². The number of benzene rings is 1. The lowest BCUT2D eigenvalue weighted by atomic mass is 10.2. The number of nitrogens with zero attached hydrogens (tertiary/aromatic N) is 2. The number of nitriles is 1. The Morgan fingerprint density at radius 3 is 3.05 bits per heavy atom. The Labute approximate surface area is 115 Å². The molecule has 0 bridgehead atoms. The summed E-state index contributed by atoms with van der Waals surface area (Å²) in [6, 6.07) is 9.31.